The van der Waals surface area contributed by atoms with Gasteiger partial charge in [-0.1, -0.05) is 34.1 Å². The molecule has 4 rings (SSSR count). The number of nitrogens with one attached hydrogen (secondary N) is 1. The Labute approximate surface area is 112 Å². The van der Waals surface area contributed by atoms with Gasteiger partial charge in [-0.3, -0.25) is 0 Å². The van der Waals surface area contributed by atoms with Gasteiger partial charge in [-0.15, -0.1) is 0 Å². The van der Waals surface area contributed by atoms with Crippen molar-refractivity contribution in [2.75, 3.05) is 0 Å². The number of fused-ring (bicyclic) bond motifs is 5. The second-order valence-electron chi connectivity index (χ2n) is 8.80. The van der Waals surface area contributed by atoms with Crippen LogP contribution in [0.5, 0.6) is 0 Å². The monoisotopic (exact) mass is 247 g/mol. The lowest BCUT2D eigenvalue weighted by molar-refractivity contribution is 0.202. The van der Waals surface area contributed by atoms with Crippen LogP contribution in [-0.4, -0.2) is 12.1 Å². The Morgan fingerprint density at radius 2 is 1.50 bits per heavy atom. The number of rotatable bonds is 2. The maximum absolute atomic E-state index is 4.08. The molecule has 5 unspecified atom stereocenters. The van der Waals surface area contributed by atoms with Crippen LogP contribution in [0.4, 0.5) is 0 Å². The second-order valence-corrected chi connectivity index (χ2v) is 8.80. The molecule has 1 nitrogen and oxygen atoms in total. The lowest BCUT2D eigenvalue weighted by atomic mass is 9.79. The van der Waals surface area contributed by atoms with Crippen LogP contribution < -0.4 is 5.32 Å². The molecular weight excluding hydrogens is 218 g/mol. The van der Waals surface area contributed by atoms with Gasteiger partial charge in [-0.25, -0.2) is 0 Å². The molecule has 2 bridgehead atoms. The molecule has 0 aromatic heterocycles. The van der Waals surface area contributed by atoms with Crippen LogP contribution in [0.1, 0.15) is 59.8 Å². The molecule has 1 N–H and O–H groups in total. The molecule has 0 aromatic carbocycles. The summed E-state index contributed by atoms with van der Waals surface area (Å²) in [6, 6.07) is 1.62. The molecule has 4 aliphatic carbocycles. The van der Waals surface area contributed by atoms with Crippen molar-refractivity contribution in [2.45, 2.75) is 71.9 Å². The normalized spacial score (nSPS) is 51.7. The van der Waals surface area contributed by atoms with Crippen molar-refractivity contribution < 1.29 is 0 Å². The second kappa shape index (κ2) is 3.34. The minimum Gasteiger partial charge on any atom is -0.310 e. The Hall–Kier alpha value is -0.0400. The van der Waals surface area contributed by atoms with E-state index in [9.17, 15) is 0 Å². The Kier molecular flexibility index (Phi) is 2.18. The molecule has 4 fully saturated rings. The zero-order valence-electron chi connectivity index (χ0n) is 12.5. The van der Waals surface area contributed by atoms with Crippen LogP contribution in [0.3, 0.4) is 0 Å². The minimum absolute atomic E-state index is 0.504. The largest absolute Gasteiger partial charge is 0.310 e. The van der Waals surface area contributed by atoms with Gasteiger partial charge in [0, 0.05) is 12.1 Å². The maximum Gasteiger partial charge on any atom is 0.0183 e. The van der Waals surface area contributed by atoms with Crippen molar-refractivity contribution in [2.24, 2.45) is 34.5 Å². The van der Waals surface area contributed by atoms with Crippen LogP contribution in [0.2, 0.25) is 0 Å². The highest BCUT2D eigenvalue weighted by molar-refractivity contribution is 5.19. The molecular formula is C17H29N. The molecule has 4 aliphatic rings. The van der Waals surface area contributed by atoms with Crippen molar-refractivity contribution in [3.05, 3.63) is 0 Å². The molecule has 0 spiro atoms. The van der Waals surface area contributed by atoms with Gasteiger partial charge in [-0.2, -0.15) is 0 Å². The van der Waals surface area contributed by atoms with Crippen LogP contribution in [-0.2, 0) is 0 Å². The topological polar surface area (TPSA) is 12.0 Å². The number of hydrogen-bond donors (Lipinski definition) is 1. The Bertz CT molecular complexity index is 356. The molecule has 1 heteroatoms. The van der Waals surface area contributed by atoms with Crippen molar-refractivity contribution in [1.29, 1.82) is 0 Å². The average Bonchev–Trinajstić information content (AvgIpc) is 2.86. The SMILES string of the molecule is CC1(C)C(NC2CC3CC2C2CCCC32)C1(C)C. The van der Waals surface area contributed by atoms with E-state index < -0.39 is 0 Å². The first-order chi connectivity index (χ1) is 8.43. The van der Waals surface area contributed by atoms with E-state index in [1.165, 1.54) is 12.8 Å². The summed E-state index contributed by atoms with van der Waals surface area (Å²) in [6.07, 6.45) is 7.67. The van der Waals surface area contributed by atoms with Gasteiger partial charge in [0.05, 0.1) is 0 Å². The fourth-order valence-corrected chi connectivity index (χ4v) is 6.09. The third-order valence-corrected chi connectivity index (χ3v) is 7.83. The first-order valence-corrected chi connectivity index (χ1v) is 8.19. The molecule has 0 heterocycles. The summed E-state index contributed by atoms with van der Waals surface area (Å²) in [7, 11) is 0. The van der Waals surface area contributed by atoms with Gasteiger partial charge >= 0.3 is 0 Å². The highest BCUT2D eigenvalue weighted by Crippen LogP contribution is 2.64. The lowest BCUT2D eigenvalue weighted by Gasteiger charge is -2.33. The molecule has 5 atom stereocenters. The van der Waals surface area contributed by atoms with E-state index >= 15 is 0 Å². The highest BCUT2D eigenvalue weighted by Gasteiger charge is 2.66. The summed E-state index contributed by atoms with van der Waals surface area (Å²) in [4.78, 5) is 0. The predicted octanol–water partition coefficient (Wildman–Crippen LogP) is 3.84. The number of hydrogen-bond acceptors (Lipinski definition) is 1. The third kappa shape index (κ3) is 1.27. The van der Waals surface area contributed by atoms with E-state index in [0.717, 1.165) is 35.8 Å². The lowest BCUT2D eigenvalue weighted by Crippen LogP contribution is -2.42. The van der Waals surface area contributed by atoms with Crippen molar-refractivity contribution in [3.63, 3.8) is 0 Å². The molecule has 18 heavy (non-hydrogen) atoms. The zero-order valence-corrected chi connectivity index (χ0v) is 12.5. The summed E-state index contributed by atoms with van der Waals surface area (Å²) < 4.78 is 0. The summed E-state index contributed by atoms with van der Waals surface area (Å²) >= 11 is 0. The fraction of sp³-hybridized carbons (Fsp3) is 1.00. The van der Waals surface area contributed by atoms with Gasteiger partial charge in [0.15, 0.2) is 0 Å². The third-order valence-electron chi connectivity index (χ3n) is 7.83. The molecule has 0 aromatic rings. The van der Waals surface area contributed by atoms with E-state index in [4.69, 9.17) is 0 Å². The van der Waals surface area contributed by atoms with Gasteiger partial charge in [-0.05, 0) is 60.2 Å². The first-order valence-electron chi connectivity index (χ1n) is 8.19. The Morgan fingerprint density at radius 3 is 2.17 bits per heavy atom. The van der Waals surface area contributed by atoms with Crippen LogP contribution >= 0.6 is 0 Å². The van der Waals surface area contributed by atoms with Crippen LogP contribution in [0, 0.1) is 34.5 Å². The Morgan fingerprint density at radius 1 is 0.833 bits per heavy atom. The summed E-state index contributed by atoms with van der Waals surface area (Å²) in [5.41, 5.74) is 1.01. The van der Waals surface area contributed by atoms with E-state index in [-0.39, 0.29) is 0 Å². The fourth-order valence-electron chi connectivity index (χ4n) is 6.09. The zero-order chi connectivity index (χ0) is 12.7. The summed E-state index contributed by atoms with van der Waals surface area (Å²) in [5, 5.41) is 4.08. The van der Waals surface area contributed by atoms with Gasteiger partial charge in [0.25, 0.3) is 0 Å². The van der Waals surface area contributed by atoms with E-state index in [2.05, 4.69) is 33.0 Å². The van der Waals surface area contributed by atoms with Crippen molar-refractivity contribution in [1.82, 2.24) is 5.32 Å². The smallest absolute Gasteiger partial charge is 0.0183 e. The predicted molar refractivity (Wildman–Crippen MR) is 75.3 cm³/mol. The molecule has 0 saturated heterocycles. The Balaban J connectivity index is 1.47. The van der Waals surface area contributed by atoms with Crippen LogP contribution in [0.25, 0.3) is 0 Å². The maximum atomic E-state index is 4.08. The van der Waals surface area contributed by atoms with Gasteiger partial charge in [0.2, 0.25) is 0 Å². The van der Waals surface area contributed by atoms with Crippen molar-refractivity contribution >= 4 is 0 Å². The van der Waals surface area contributed by atoms with E-state index in [0.29, 0.717) is 10.8 Å². The summed E-state index contributed by atoms with van der Waals surface area (Å²) in [6.45, 7) is 9.76. The molecule has 0 radical (unpaired) electrons. The van der Waals surface area contributed by atoms with Gasteiger partial charge < -0.3 is 5.32 Å². The minimum atomic E-state index is 0.504. The average molecular weight is 247 g/mol. The van der Waals surface area contributed by atoms with Gasteiger partial charge in [0.1, 0.15) is 0 Å². The summed E-state index contributed by atoms with van der Waals surface area (Å²) in [5.74, 6) is 4.36. The molecule has 0 amide bonds. The van der Waals surface area contributed by atoms with Crippen molar-refractivity contribution in [3.8, 4) is 0 Å². The quantitative estimate of drug-likeness (QED) is 0.782. The first kappa shape index (κ1) is 11.8. The van der Waals surface area contributed by atoms with Crippen LogP contribution in [0.15, 0.2) is 0 Å². The van der Waals surface area contributed by atoms with E-state index in [1.807, 2.05) is 0 Å². The standard InChI is InChI=1S/C17H29N/c1-16(2)15(17(16,3)4)18-14-9-10-8-13(14)12-7-5-6-11(10)12/h10-15,18H,5-9H2,1-4H3. The molecule has 102 valence electrons. The molecule has 0 aliphatic heterocycles. The van der Waals surface area contributed by atoms with E-state index in [1.54, 1.807) is 19.3 Å². The molecule has 4 saturated carbocycles. The highest BCUT2D eigenvalue weighted by atomic mass is 15.1.